The summed E-state index contributed by atoms with van der Waals surface area (Å²) < 4.78 is 10.9. The number of morpholine rings is 2. The summed E-state index contributed by atoms with van der Waals surface area (Å²) in [5.41, 5.74) is 2.49. The minimum absolute atomic E-state index is 0.0777. The standard InChI is InChI=1S/C19H29N3O3/c1-15-3-2-4-16(11-15)18(22-6-9-24-10-7-22)13-21-19(23)12-17-14-25-8-5-20-17/h2-4,11,17-18,20H,5-10,12-14H2,1H3,(H,21,23). The number of hydrogen-bond donors (Lipinski definition) is 2. The third kappa shape index (κ3) is 5.51. The lowest BCUT2D eigenvalue weighted by Crippen LogP contribution is -2.46. The number of amides is 1. The number of nitrogens with zero attached hydrogens (tertiary/aromatic N) is 1. The molecule has 3 rings (SSSR count). The van der Waals surface area contributed by atoms with E-state index < -0.39 is 0 Å². The molecule has 2 unspecified atom stereocenters. The number of nitrogens with one attached hydrogen (secondary N) is 2. The lowest BCUT2D eigenvalue weighted by atomic mass is 10.0. The molecule has 0 aromatic heterocycles. The summed E-state index contributed by atoms with van der Waals surface area (Å²) in [4.78, 5) is 14.8. The number of aryl methyl sites for hydroxylation is 1. The van der Waals surface area contributed by atoms with Crippen LogP contribution in [0.3, 0.4) is 0 Å². The number of benzene rings is 1. The van der Waals surface area contributed by atoms with E-state index >= 15 is 0 Å². The summed E-state index contributed by atoms with van der Waals surface area (Å²) >= 11 is 0. The van der Waals surface area contributed by atoms with Crippen molar-refractivity contribution in [3.63, 3.8) is 0 Å². The Labute approximate surface area is 149 Å². The number of carbonyl (C=O) groups excluding carboxylic acids is 1. The Balaban J connectivity index is 1.59. The summed E-state index contributed by atoms with van der Waals surface area (Å²) in [7, 11) is 0. The Hall–Kier alpha value is -1.47. The minimum Gasteiger partial charge on any atom is -0.379 e. The maximum atomic E-state index is 12.3. The topological polar surface area (TPSA) is 62.8 Å². The van der Waals surface area contributed by atoms with Gasteiger partial charge in [-0.05, 0) is 12.5 Å². The van der Waals surface area contributed by atoms with Gasteiger partial charge in [-0.2, -0.15) is 0 Å². The summed E-state index contributed by atoms with van der Waals surface area (Å²) in [6.45, 7) is 8.17. The second-order valence-corrected chi connectivity index (χ2v) is 6.81. The number of rotatable bonds is 6. The van der Waals surface area contributed by atoms with Crippen molar-refractivity contribution < 1.29 is 14.3 Å². The smallest absolute Gasteiger partial charge is 0.221 e. The van der Waals surface area contributed by atoms with Gasteiger partial charge in [0, 0.05) is 38.6 Å². The highest BCUT2D eigenvalue weighted by molar-refractivity contribution is 5.76. The third-order valence-electron chi connectivity index (χ3n) is 4.84. The molecule has 2 saturated heterocycles. The molecule has 25 heavy (non-hydrogen) atoms. The molecule has 2 heterocycles. The van der Waals surface area contributed by atoms with Crippen molar-refractivity contribution in [3.8, 4) is 0 Å². The SMILES string of the molecule is Cc1cccc(C(CNC(=O)CC2COCCN2)N2CCOCC2)c1. The summed E-state index contributed by atoms with van der Waals surface area (Å²) in [5, 5.41) is 6.46. The number of hydrogen-bond acceptors (Lipinski definition) is 5. The van der Waals surface area contributed by atoms with E-state index in [9.17, 15) is 4.79 Å². The minimum atomic E-state index is 0.0777. The van der Waals surface area contributed by atoms with E-state index in [0.717, 1.165) is 39.5 Å². The van der Waals surface area contributed by atoms with Gasteiger partial charge in [-0.3, -0.25) is 9.69 Å². The largest absolute Gasteiger partial charge is 0.379 e. The van der Waals surface area contributed by atoms with E-state index in [1.807, 2.05) is 0 Å². The Kier molecular flexibility index (Phi) is 6.81. The van der Waals surface area contributed by atoms with Crippen LogP contribution < -0.4 is 10.6 Å². The Morgan fingerprint density at radius 3 is 2.88 bits per heavy atom. The highest BCUT2D eigenvalue weighted by Crippen LogP contribution is 2.22. The summed E-state index contributed by atoms with van der Waals surface area (Å²) in [6, 6.07) is 8.85. The van der Waals surface area contributed by atoms with Gasteiger partial charge in [0.2, 0.25) is 5.91 Å². The van der Waals surface area contributed by atoms with Gasteiger partial charge in [0.15, 0.2) is 0 Å². The molecule has 1 aromatic carbocycles. The molecule has 0 bridgehead atoms. The van der Waals surface area contributed by atoms with E-state index in [2.05, 4.69) is 46.7 Å². The molecular weight excluding hydrogens is 318 g/mol. The molecule has 6 nitrogen and oxygen atoms in total. The first kappa shape index (κ1) is 18.3. The average Bonchev–Trinajstić information content (AvgIpc) is 2.64. The van der Waals surface area contributed by atoms with Crippen molar-refractivity contribution in [2.75, 3.05) is 52.6 Å². The van der Waals surface area contributed by atoms with Gasteiger partial charge >= 0.3 is 0 Å². The van der Waals surface area contributed by atoms with Gasteiger partial charge in [-0.1, -0.05) is 29.8 Å². The van der Waals surface area contributed by atoms with Crippen LogP contribution >= 0.6 is 0 Å². The molecule has 138 valence electrons. The van der Waals surface area contributed by atoms with Crippen LogP contribution in [0, 0.1) is 6.92 Å². The number of ether oxygens (including phenoxy) is 2. The van der Waals surface area contributed by atoms with E-state index in [1.54, 1.807) is 0 Å². The maximum Gasteiger partial charge on any atom is 0.221 e. The molecule has 0 radical (unpaired) electrons. The zero-order chi connectivity index (χ0) is 17.5. The fourth-order valence-electron chi connectivity index (χ4n) is 3.48. The highest BCUT2D eigenvalue weighted by Gasteiger charge is 2.24. The number of carbonyl (C=O) groups is 1. The van der Waals surface area contributed by atoms with Gasteiger partial charge in [0.25, 0.3) is 0 Å². The zero-order valence-corrected chi connectivity index (χ0v) is 15.0. The summed E-state index contributed by atoms with van der Waals surface area (Å²) in [5.74, 6) is 0.0777. The molecule has 0 aliphatic carbocycles. The molecule has 2 N–H and O–H groups in total. The van der Waals surface area contributed by atoms with Crippen LogP contribution in [0.15, 0.2) is 24.3 Å². The molecule has 0 spiro atoms. The monoisotopic (exact) mass is 347 g/mol. The van der Waals surface area contributed by atoms with Crippen molar-refractivity contribution in [2.45, 2.75) is 25.4 Å². The van der Waals surface area contributed by atoms with Crippen LogP contribution in [0.4, 0.5) is 0 Å². The molecule has 6 heteroatoms. The van der Waals surface area contributed by atoms with Crippen molar-refractivity contribution in [2.24, 2.45) is 0 Å². The Morgan fingerprint density at radius 1 is 1.32 bits per heavy atom. The van der Waals surface area contributed by atoms with Gasteiger partial charge < -0.3 is 20.1 Å². The first-order chi connectivity index (χ1) is 12.2. The van der Waals surface area contributed by atoms with Gasteiger partial charge in [-0.25, -0.2) is 0 Å². The lowest BCUT2D eigenvalue weighted by Gasteiger charge is -2.35. The van der Waals surface area contributed by atoms with E-state index in [4.69, 9.17) is 9.47 Å². The van der Waals surface area contributed by atoms with Crippen LogP contribution in [0.1, 0.15) is 23.6 Å². The van der Waals surface area contributed by atoms with Gasteiger partial charge in [-0.15, -0.1) is 0 Å². The first-order valence-corrected chi connectivity index (χ1v) is 9.18. The molecule has 1 amide bonds. The predicted molar refractivity (Wildman–Crippen MR) is 96.5 cm³/mol. The van der Waals surface area contributed by atoms with Crippen molar-refractivity contribution in [1.82, 2.24) is 15.5 Å². The van der Waals surface area contributed by atoms with E-state index in [1.165, 1.54) is 11.1 Å². The van der Waals surface area contributed by atoms with E-state index in [-0.39, 0.29) is 18.0 Å². The summed E-state index contributed by atoms with van der Waals surface area (Å²) in [6.07, 6.45) is 0.462. The second kappa shape index (κ2) is 9.29. The van der Waals surface area contributed by atoms with Crippen LogP contribution in [-0.4, -0.2) is 69.5 Å². The molecular formula is C19H29N3O3. The van der Waals surface area contributed by atoms with Crippen LogP contribution in [0.25, 0.3) is 0 Å². The molecule has 2 fully saturated rings. The van der Waals surface area contributed by atoms with E-state index in [0.29, 0.717) is 19.6 Å². The van der Waals surface area contributed by atoms with Gasteiger partial charge in [0.1, 0.15) is 0 Å². The van der Waals surface area contributed by atoms with Crippen molar-refractivity contribution >= 4 is 5.91 Å². The molecule has 2 atom stereocenters. The van der Waals surface area contributed by atoms with Crippen molar-refractivity contribution in [1.29, 1.82) is 0 Å². The maximum absolute atomic E-state index is 12.3. The van der Waals surface area contributed by atoms with Crippen LogP contribution in [0.5, 0.6) is 0 Å². The normalized spacial score (nSPS) is 23.2. The lowest BCUT2D eigenvalue weighted by molar-refractivity contribution is -0.122. The van der Waals surface area contributed by atoms with Crippen LogP contribution in [-0.2, 0) is 14.3 Å². The second-order valence-electron chi connectivity index (χ2n) is 6.81. The zero-order valence-electron chi connectivity index (χ0n) is 15.0. The molecule has 2 aliphatic heterocycles. The fraction of sp³-hybridized carbons (Fsp3) is 0.632. The molecule has 1 aromatic rings. The fourth-order valence-corrected chi connectivity index (χ4v) is 3.48. The van der Waals surface area contributed by atoms with Crippen molar-refractivity contribution in [3.05, 3.63) is 35.4 Å². The quantitative estimate of drug-likeness (QED) is 0.799. The highest BCUT2D eigenvalue weighted by atomic mass is 16.5. The Morgan fingerprint density at radius 2 is 2.16 bits per heavy atom. The molecule has 0 saturated carbocycles. The van der Waals surface area contributed by atoms with Crippen LogP contribution in [0.2, 0.25) is 0 Å². The third-order valence-corrected chi connectivity index (χ3v) is 4.84. The first-order valence-electron chi connectivity index (χ1n) is 9.18. The Bertz CT molecular complexity index is 555. The predicted octanol–water partition coefficient (Wildman–Crippen LogP) is 0.863. The molecule has 2 aliphatic rings. The van der Waals surface area contributed by atoms with Gasteiger partial charge in [0.05, 0.1) is 32.5 Å². The average molecular weight is 347 g/mol.